The summed E-state index contributed by atoms with van der Waals surface area (Å²) in [6.07, 6.45) is 1.37. The molecule has 0 saturated heterocycles. The molecule has 160 valence electrons. The van der Waals surface area contributed by atoms with Crippen molar-refractivity contribution in [3.63, 3.8) is 0 Å². The van der Waals surface area contributed by atoms with E-state index in [-0.39, 0.29) is 17.0 Å². The molecule has 0 atom stereocenters. The molecule has 1 aromatic heterocycles. The minimum absolute atomic E-state index is 0.0949. The first-order chi connectivity index (χ1) is 15.0. The first-order valence-electron chi connectivity index (χ1n) is 9.14. The van der Waals surface area contributed by atoms with Crippen LogP contribution in [0.1, 0.15) is 20.9 Å². The van der Waals surface area contributed by atoms with Gasteiger partial charge in [0, 0.05) is 11.8 Å². The third-order valence-corrected chi connectivity index (χ3v) is 4.14. The van der Waals surface area contributed by atoms with E-state index < -0.39 is 24.4 Å². The summed E-state index contributed by atoms with van der Waals surface area (Å²) >= 11 is 0. The summed E-state index contributed by atoms with van der Waals surface area (Å²) < 4.78 is 20.5. The van der Waals surface area contributed by atoms with Gasteiger partial charge in [0.2, 0.25) is 0 Å². The second-order valence-electron chi connectivity index (χ2n) is 6.17. The van der Waals surface area contributed by atoms with Crippen LogP contribution in [0.15, 0.2) is 65.3 Å². The van der Waals surface area contributed by atoms with Gasteiger partial charge in [-0.05, 0) is 36.4 Å². The first kappa shape index (κ1) is 21.4. The van der Waals surface area contributed by atoms with E-state index in [1.807, 2.05) is 0 Å². The van der Waals surface area contributed by atoms with Crippen LogP contribution < -0.4 is 20.1 Å². The van der Waals surface area contributed by atoms with Crippen molar-refractivity contribution in [3.05, 3.63) is 72.2 Å². The van der Waals surface area contributed by atoms with Gasteiger partial charge in [-0.1, -0.05) is 12.1 Å². The minimum Gasteiger partial charge on any atom is -0.493 e. The van der Waals surface area contributed by atoms with Gasteiger partial charge < -0.3 is 29.3 Å². The number of amides is 2. The van der Waals surface area contributed by atoms with Gasteiger partial charge in [0.1, 0.15) is 0 Å². The van der Waals surface area contributed by atoms with Gasteiger partial charge in [0.15, 0.2) is 23.9 Å². The molecule has 0 unspecified atom stereocenters. The summed E-state index contributed by atoms with van der Waals surface area (Å²) in [4.78, 5) is 36.8. The Morgan fingerprint density at radius 1 is 0.903 bits per heavy atom. The molecular formula is C22H20N2O7. The number of ether oxygens (including phenoxy) is 3. The zero-order valence-electron chi connectivity index (χ0n) is 16.8. The number of hydrogen-bond donors (Lipinski definition) is 2. The lowest BCUT2D eigenvalue weighted by Gasteiger charge is -2.12. The van der Waals surface area contributed by atoms with E-state index in [1.54, 1.807) is 42.5 Å². The van der Waals surface area contributed by atoms with Gasteiger partial charge in [-0.25, -0.2) is 4.79 Å². The molecule has 2 amide bonds. The smallest absolute Gasteiger partial charge is 0.340 e. The van der Waals surface area contributed by atoms with Gasteiger partial charge >= 0.3 is 5.97 Å². The summed E-state index contributed by atoms with van der Waals surface area (Å²) in [7, 11) is 2.98. The monoisotopic (exact) mass is 424 g/mol. The number of benzene rings is 2. The Morgan fingerprint density at radius 3 is 2.39 bits per heavy atom. The van der Waals surface area contributed by atoms with Gasteiger partial charge in [0.25, 0.3) is 11.8 Å². The number of esters is 1. The van der Waals surface area contributed by atoms with Crippen molar-refractivity contribution in [1.29, 1.82) is 0 Å². The number of methoxy groups -OCH3 is 2. The van der Waals surface area contributed by atoms with Crippen molar-refractivity contribution in [2.45, 2.75) is 0 Å². The van der Waals surface area contributed by atoms with E-state index >= 15 is 0 Å². The first-order valence-corrected chi connectivity index (χ1v) is 9.14. The SMILES string of the molecule is COc1ccc(NC(=O)COC(=O)c2ccccc2NC(=O)c2ccco2)cc1OC. The van der Waals surface area contributed by atoms with E-state index in [1.165, 1.54) is 32.6 Å². The summed E-state index contributed by atoms with van der Waals surface area (Å²) in [5.74, 6) is -0.775. The number of carbonyl (C=O) groups is 3. The number of hydrogen-bond acceptors (Lipinski definition) is 7. The highest BCUT2D eigenvalue weighted by molar-refractivity contribution is 6.07. The van der Waals surface area contributed by atoms with Gasteiger partial charge in [-0.15, -0.1) is 0 Å². The molecule has 0 radical (unpaired) electrons. The Hall–Kier alpha value is -4.27. The number of furan rings is 1. The predicted octanol–water partition coefficient (Wildman–Crippen LogP) is 3.34. The highest BCUT2D eigenvalue weighted by Crippen LogP contribution is 2.29. The molecule has 0 spiro atoms. The van der Waals surface area contributed by atoms with E-state index in [0.717, 1.165) is 0 Å². The van der Waals surface area contributed by atoms with Crippen LogP contribution in [0.3, 0.4) is 0 Å². The third kappa shape index (κ3) is 5.41. The second kappa shape index (κ2) is 9.97. The standard InChI is InChI=1S/C22H20N2O7/c1-28-17-10-9-14(12-19(17)29-2)23-20(25)13-31-22(27)15-6-3-4-7-16(15)24-21(26)18-8-5-11-30-18/h3-12H,13H2,1-2H3,(H,23,25)(H,24,26). The Bertz CT molecular complexity index is 1080. The van der Waals surface area contributed by atoms with E-state index in [0.29, 0.717) is 17.2 Å². The average Bonchev–Trinajstić information content (AvgIpc) is 3.33. The fraction of sp³-hybridized carbons (Fsp3) is 0.136. The molecule has 0 bridgehead atoms. The van der Waals surface area contributed by atoms with Crippen LogP contribution in [0.2, 0.25) is 0 Å². The molecule has 9 heteroatoms. The summed E-state index contributed by atoms with van der Waals surface area (Å²) in [5, 5.41) is 5.19. The maximum absolute atomic E-state index is 12.5. The average molecular weight is 424 g/mol. The molecule has 2 N–H and O–H groups in total. The molecule has 0 aliphatic rings. The van der Waals surface area contributed by atoms with E-state index in [2.05, 4.69) is 10.6 Å². The Kier molecular flexibility index (Phi) is 6.89. The van der Waals surface area contributed by atoms with Crippen LogP contribution in [-0.4, -0.2) is 38.6 Å². The van der Waals surface area contributed by atoms with Crippen LogP contribution in [0.4, 0.5) is 11.4 Å². The molecular weight excluding hydrogens is 404 g/mol. The largest absolute Gasteiger partial charge is 0.493 e. The highest BCUT2D eigenvalue weighted by atomic mass is 16.5. The Labute approximate surface area is 177 Å². The maximum Gasteiger partial charge on any atom is 0.340 e. The fourth-order valence-electron chi connectivity index (χ4n) is 2.68. The van der Waals surface area contributed by atoms with Gasteiger partial charge in [-0.2, -0.15) is 0 Å². The normalized spacial score (nSPS) is 10.1. The molecule has 31 heavy (non-hydrogen) atoms. The third-order valence-electron chi connectivity index (χ3n) is 4.14. The van der Waals surface area contributed by atoms with Crippen molar-refractivity contribution in [3.8, 4) is 11.5 Å². The number of carbonyl (C=O) groups excluding carboxylic acids is 3. The lowest BCUT2D eigenvalue weighted by Crippen LogP contribution is -2.22. The lowest BCUT2D eigenvalue weighted by atomic mass is 10.1. The van der Waals surface area contributed by atoms with Crippen molar-refractivity contribution < 1.29 is 33.0 Å². The van der Waals surface area contributed by atoms with Crippen LogP contribution >= 0.6 is 0 Å². The number of nitrogens with one attached hydrogen (secondary N) is 2. The Balaban J connectivity index is 1.61. The summed E-state index contributed by atoms with van der Waals surface area (Å²) in [6, 6.07) is 14.2. The second-order valence-corrected chi connectivity index (χ2v) is 6.17. The van der Waals surface area contributed by atoms with Crippen molar-refractivity contribution in [1.82, 2.24) is 0 Å². The number of para-hydroxylation sites is 1. The number of rotatable bonds is 8. The van der Waals surface area contributed by atoms with E-state index in [9.17, 15) is 14.4 Å². The molecule has 0 saturated carbocycles. The summed E-state index contributed by atoms with van der Waals surface area (Å²) in [6.45, 7) is -0.520. The Morgan fingerprint density at radius 2 is 1.68 bits per heavy atom. The molecule has 2 aromatic carbocycles. The molecule has 3 aromatic rings. The number of anilines is 2. The van der Waals surface area contributed by atoms with Crippen molar-refractivity contribution in [2.75, 3.05) is 31.5 Å². The van der Waals surface area contributed by atoms with E-state index in [4.69, 9.17) is 18.6 Å². The van der Waals surface area contributed by atoms with Crippen LogP contribution in [-0.2, 0) is 9.53 Å². The van der Waals surface area contributed by atoms with Crippen LogP contribution in [0.25, 0.3) is 0 Å². The fourth-order valence-corrected chi connectivity index (χ4v) is 2.68. The topological polar surface area (TPSA) is 116 Å². The highest BCUT2D eigenvalue weighted by Gasteiger charge is 2.17. The lowest BCUT2D eigenvalue weighted by molar-refractivity contribution is -0.119. The quantitative estimate of drug-likeness (QED) is 0.533. The minimum atomic E-state index is -0.766. The van der Waals surface area contributed by atoms with Crippen LogP contribution in [0, 0.1) is 0 Å². The van der Waals surface area contributed by atoms with Gasteiger partial charge in [0.05, 0.1) is 31.7 Å². The molecule has 0 aliphatic heterocycles. The molecule has 9 nitrogen and oxygen atoms in total. The zero-order valence-corrected chi connectivity index (χ0v) is 16.8. The maximum atomic E-state index is 12.5. The molecule has 0 fully saturated rings. The predicted molar refractivity (Wildman–Crippen MR) is 112 cm³/mol. The molecule has 1 heterocycles. The zero-order chi connectivity index (χ0) is 22.2. The van der Waals surface area contributed by atoms with Crippen molar-refractivity contribution in [2.24, 2.45) is 0 Å². The van der Waals surface area contributed by atoms with Gasteiger partial charge in [-0.3, -0.25) is 9.59 Å². The molecule has 0 aliphatic carbocycles. The van der Waals surface area contributed by atoms with Crippen LogP contribution in [0.5, 0.6) is 11.5 Å². The molecule has 3 rings (SSSR count). The summed E-state index contributed by atoms with van der Waals surface area (Å²) in [5.41, 5.74) is 0.778. The van der Waals surface area contributed by atoms with Crippen molar-refractivity contribution >= 4 is 29.2 Å².